The van der Waals surface area contributed by atoms with Crippen LogP contribution in [-0.4, -0.2) is 28.4 Å². The standard InChI is InChI=1S/C29H30N4O.H2/c1-6-24(20-32(4)5)28-18-26(12-14-30-28)34-29-11-7-10-27(21(29)2)22(3)31-19-23-13-16-33-15-8-9-25(33)17-23;/h6-18,20,31H,1,3,19H2,2,4-5H3;1H/b24-20+;. The van der Waals surface area contributed by atoms with Gasteiger partial charge in [0.05, 0.1) is 5.69 Å². The Morgan fingerprint density at radius 3 is 2.79 bits per heavy atom. The molecule has 3 aromatic heterocycles. The molecule has 0 spiro atoms. The van der Waals surface area contributed by atoms with Gasteiger partial charge >= 0.3 is 0 Å². The highest BCUT2D eigenvalue weighted by atomic mass is 16.5. The number of hydrogen-bond acceptors (Lipinski definition) is 4. The number of hydrogen-bond donors (Lipinski definition) is 1. The molecule has 3 heterocycles. The van der Waals surface area contributed by atoms with Gasteiger partial charge < -0.3 is 19.4 Å². The van der Waals surface area contributed by atoms with Gasteiger partial charge in [-0.1, -0.05) is 31.4 Å². The van der Waals surface area contributed by atoms with Gasteiger partial charge in [0.15, 0.2) is 0 Å². The molecule has 5 heteroatoms. The van der Waals surface area contributed by atoms with Crippen molar-refractivity contribution in [2.24, 2.45) is 0 Å². The van der Waals surface area contributed by atoms with Crippen LogP contribution in [0.25, 0.3) is 16.8 Å². The lowest BCUT2D eigenvalue weighted by Crippen LogP contribution is -2.12. The molecule has 0 aliphatic rings. The van der Waals surface area contributed by atoms with Crippen LogP contribution < -0.4 is 10.1 Å². The van der Waals surface area contributed by atoms with Gasteiger partial charge in [-0.2, -0.15) is 0 Å². The second-order valence-corrected chi connectivity index (χ2v) is 8.37. The highest BCUT2D eigenvalue weighted by Crippen LogP contribution is 2.30. The molecule has 0 unspecified atom stereocenters. The van der Waals surface area contributed by atoms with Crippen molar-refractivity contribution in [3.8, 4) is 11.5 Å². The van der Waals surface area contributed by atoms with E-state index >= 15 is 0 Å². The first kappa shape index (κ1) is 22.9. The van der Waals surface area contributed by atoms with Crippen LogP contribution in [0, 0.1) is 6.92 Å². The topological polar surface area (TPSA) is 41.8 Å². The molecule has 174 valence electrons. The second-order valence-electron chi connectivity index (χ2n) is 8.37. The average Bonchev–Trinajstić information content (AvgIpc) is 3.30. The summed E-state index contributed by atoms with van der Waals surface area (Å²) in [7, 11) is 3.94. The van der Waals surface area contributed by atoms with Gasteiger partial charge in [-0.05, 0) is 48.9 Å². The summed E-state index contributed by atoms with van der Waals surface area (Å²) in [5.74, 6) is 1.50. The Morgan fingerprint density at radius 2 is 2.00 bits per heavy atom. The van der Waals surface area contributed by atoms with E-state index in [0.717, 1.165) is 39.6 Å². The fourth-order valence-corrected chi connectivity index (χ4v) is 3.81. The van der Waals surface area contributed by atoms with E-state index in [1.807, 2.05) is 68.6 Å². The molecule has 1 N–H and O–H groups in total. The van der Waals surface area contributed by atoms with Crippen LogP contribution in [0.2, 0.25) is 0 Å². The summed E-state index contributed by atoms with van der Waals surface area (Å²) in [6, 6.07) is 18.2. The van der Waals surface area contributed by atoms with Crippen LogP contribution in [0.5, 0.6) is 11.5 Å². The lowest BCUT2D eigenvalue weighted by Gasteiger charge is -2.16. The predicted octanol–water partition coefficient (Wildman–Crippen LogP) is 6.53. The second kappa shape index (κ2) is 10.1. The van der Waals surface area contributed by atoms with Crippen molar-refractivity contribution >= 4 is 16.8 Å². The monoisotopic (exact) mass is 452 g/mol. The van der Waals surface area contributed by atoms with Gasteiger partial charge in [-0.3, -0.25) is 4.98 Å². The SMILES string of the molecule is C=C/C(=C\N(C)C)c1cc(Oc2cccc(C(=C)NCc3ccn4cccc4c3)c2C)ccn1.[HH]. The summed E-state index contributed by atoms with van der Waals surface area (Å²) >= 11 is 0. The first-order valence-corrected chi connectivity index (χ1v) is 11.2. The molecule has 0 radical (unpaired) electrons. The van der Waals surface area contributed by atoms with Crippen LogP contribution in [0.3, 0.4) is 0 Å². The lowest BCUT2D eigenvalue weighted by molar-refractivity contribution is 0.477. The maximum atomic E-state index is 6.26. The average molecular weight is 453 g/mol. The molecule has 0 aliphatic carbocycles. The number of fused-ring (bicyclic) bond motifs is 1. The number of nitrogens with one attached hydrogen (secondary N) is 1. The van der Waals surface area contributed by atoms with Gasteiger partial charge in [0, 0.05) is 80.8 Å². The van der Waals surface area contributed by atoms with Crippen LogP contribution in [-0.2, 0) is 6.54 Å². The molecule has 4 aromatic rings. The first-order chi connectivity index (χ1) is 16.4. The highest BCUT2D eigenvalue weighted by molar-refractivity contribution is 5.71. The summed E-state index contributed by atoms with van der Waals surface area (Å²) in [5, 5.41) is 3.46. The minimum Gasteiger partial charge on any atom is -0.457 e. The maximum absolute atomic E-state index is 6.26. The van der Waals surface area contributed by atoms with E-state index in [1.54, 1.807) is 12.3 Å². The number of nitrogens with zero attached hydrogens (tertiary/aromatic N) is 3. The van der Waals surface area contributed by atoms with Gasteiger partial charge in [-0.25, -0.2) is 0 Å². The van der Waals surface area contributed by atoms with Crippen molar-refractivity contribution in [3.05, 3.63) is 121 Å². The van der Waals surface area contributed by atoms with Crippen molar-refractivity contribution in [2.75, 3.05) is 14.1 Å². The Bertz CT molecular complexity index is 1370. The third kappa shape index (κ3) is 5.21. The van der Waals surface area contributed by atoms with Crippen LogP contribution in [0.15, 0.2) is 98.6 Å². The van der Waals surface area contributed by atoms with E-state index in [-0.39, 0.29) is 1.43 Å². The number of pyridine rings is 2. The van der Waals surface area contributed by atoms with E-state index in [2.05, 4.69) is 58.3 Å². The molecule has 34 heavy (non-hydrogen) atoms. The van der Waals surface area contributed by atoms with Crippen molar-refractivity contribution < 1.29 is 6.16 Å². The Morgan fingerprint density at radius 1 is 1.15 bits per heavy atom. The summed E-state index contributed by atoms with van der Waals surface area (Å²) < 4.78 is 8.35. The maximum Gasteiger partial charge on any atom is 0.131 e. The fourth-order valence-electron chi connectivity index (χ4n) is 3.81. The molecule has 0 amide bonds. The summed E-state index contributed by atoms with van der Waals surface area (Å²) in [5.41, 5.74) is 7.01. The van der Waals surface area contributed by atoms with E-state index < -0.39 is 0 Å². The molecule has 0 aliphatic heterocycles. The molecule has 0 bridgehead atoms. The third-order valence-electron chi connectivity index (χ3n) is 5.58. The van der Waals surface area contributed by atoms with Gasteiger partial charge in [-0.15, -0.1) is 0 Å². The molecule has 0 saturated carbocycles. The zero-order valence-corrected chi connectivity index (χ0v) is 20.0. The zero-order valence-electron chi connectivity index (χ0n) is 20.0. The number of allylic oxidation sites excluding steroid dienone is 2. The Hall–Kier alpha value is -4.25. The molecule has 4 rings (SSSR count). The highest BCUT2D eigenvalue weighted by Gasteiger charge is 2.10. The zero-order chi connectivity index (χ0) is 24.1. The minimum atomic E-state index is 0. The number of rotatable bonds is 9. The summed E-state index contributed by atoms with van der Waals surface area (Å²) in [6.07, 6.45) is 9.64. The Balaban J connectivity index is 0.00000342. The number of benzene rings is 1. The first-order valence-electron chi connectivity index (χ1n) is 11.2. The molecule has 5 nitrogen and oxygen atoms in total. The van der Waals surface area contributed by atoms with E-state index in [9.17, 15) is 0 Å². The molecular weight excluding hydrogens is 420 g/mol. The smallest absolute Gasteiger partial charge is 0.131 e. The van der Waals surface area contributed by atoms with Crippen LogP contribution in [0.1, 0.15) is 23.8 Å². The van der Waals surface area contributed by atoms with Crippen LogP contribution >= 0.6 is 0 Å². The number of ether oxygens (including phenoxy) is 1. The molecule has 0 saturated heterocycles. The van der Waals surface area contributed by atoms with Crippen LogP contribution in [0.4, 0.5) is 0 Å². The molecular formula is C29H32N4O. The summed E-state index contributed by atoms with van der Waals surface area (Å²) in [4.78, 5) is 6.44. The minimum absolute atomic E-state index is 0. The van der Waals surface area contributed by atoms with Crippen molar-refractivity contribution in [3.63, 3.8) is 0 Å². The summed E-state index contributed by atoms with van der Waals surface area (Å²) in [6.45, 7) is 10.9. The van der Waals surface area contributed by atoms with E-state index in [4.69, 9.17) is 4.74 Å². The van der Waals surface area contributed by atoms with Gasteiger partial charge in [0.25, 0.3) is 0 Å². The predicted molar refractivity (Wildman–Crippen MR) is 143 cm³/mol. The van der Waals surface area contributed by atoms with Crippen molar-refractivity contribution in [1.29, 1.82) is 0 Å². The van der Waals surface area contributed by atoms with E-state index in [1.165, 1.54) is 11.1 Å². The fraction of sp³-hybridized carbons (Fsp3) is 0.138. The molecule has 0 fully saturated rings. The molecule has 1 aromatic carbocycles. The van der Waals surface area contributed by atoms with Crippen molar-refractivity contribution in [1.82, 2.24) is 19.6 Å². The largest absolute Gasteiger partial charge is 0.457 e. The molecule has 0 atom stereocenters. The lowest BCUT2D eigenvalue weighted by atomic mass is 10.0. The van der Waals surface area contributed by atoms with E-state index in [0.29, 0.717) is 6.54 Å². The Kier molecular flexibility index (Phi) is 6.83. The van der Waals surface area contributed by atoms with Gasteiger partial charge in [0.2, 0.25) is 0 Å². The van der Waals surface area contributed by atoms with Crippen molar-refractivity contribution in [2.45, 2.75) is 13.5 Å². The Labute approximate surface area is 202 Å². The third-order valence-corrected chi connectivity index (χ3v) is 5.58. The normalized spacial score (nSPS) is 11.3. The number of aromatic nitrogens is 2. The quantitative estimate of drug-likeness (QED) is 0.293. The van der Waals surface area contributed by atoms with Gasteiger partial charge in [0.1, 0.15) is 11.5 Å².